The van der Waals surface area contributed by atoms with Gasteiger partial charge >= 0.3 is 5.97 Å². The molecule has 0 aromatic heterocycles. The number of esters is 1. The molecule has 0 fully saturated rings. The van der Waals surface area contributed by atoms with E-state index in [0.29, 0.717) is 11.1 Å². The van der Waals surface area contributed by atoms with Crippen LogP contribution in [0.3, 0.4) is 0 Å². The lowest BCUT2D eigenvalue weighted by atomic mass is 9.91. The normalized spacial score (nSPS) is 13.4. The van der Waals surface area contributed by atoms with E-state index in [0.717, 1.165) is 5.56 Å². The second-order valence-electron chi connectivity index (χ2n) is 9.60. The third-order valence-electron chi connectivity index (χ3n) is 5.10. The lowest BCUT2D eigenvalue weighted by Gasteiger charge is -2.45. The molecule has 0 N–H and O–H groups in total. The zero-order valence-corrected chi connectivity index (χ0v) is 19.9. The number of hydrogen-bond donors (Lipinski definition) is 0. The summed E-state index contributed by atoms with van der Waals surface area (Å²) in [5, 5.41) is 1.88. The first-order valence-corrected chi connectivity index (χ1v) is 10.6. The number of rotatable bonds is 8. The molecule has 0 radical (unpaired) electrons. The van der Waals surface area contributed by atoms with Gasteiger partial charge in [0.15, 0.2) is 11.4 Å². The first-order chi connectivity index (χ1) is 14.4. The van der Waals surface area contributed by atoms with Crippen molar-refractivity contribution >= 4 is 11.8 Å². The molecule has 0 saturated carbocycles. The fourth-order valence-electron chi connectivity index (χ4n) is 3.52. The zero-order valence-electron chi connectivity index (χ0n) is 19.9. The van der Waals surface area contributed by atoms with Gasteiger partial charge in [-0.15, -0.1) is 0 Å². The SMILES string of the molecule is COC(=O)C(C)(C)ON(C(c1ccc(C(=O)c2ccccc2)cc1)C(C)C)C(C)(C)C. The largest absolute Gasteiger partial charge is 0.467 e. The summed E-state index contributed by atoms with van der Waals surface area (Å²) in [5.74, 6) is -0.264. The molecule has 0 heterocycles. The van der Waals surface area contributed by atoms with E-state index in [9.17, 15) is 9.59 Å². The number of hydroxylamine groups is 2. The molecule has 1 atom stereocenters. The van der Waals surface area contributed by atoms with Crippen molar-refractivity contribution in [3.05, 3.63) is 71.3 Å². The van der Waals surface area contributed by atoms with Gasteiger partial charge in [-0.05, 0) is 46.1 Å². The zero-order chi connectivity index (χ0) is 23.4. The van der Waals surface area contributed by atoms with Crippen LogP contribution in [-0.2, 0) is 14.4 Å². The predicted octanol–water partition coefficient (Wildman–Crippen LogP) is 5.60. The molecule has 0 amide bonds. The minimum atomic E-state index is -1.14. The number of carbonyl (C=O) groups excluding carboxylic acids is 2. The molecule has 0 spiro atoms. The van der Waals surface area contributed by atoms with E-state index in [1.807, 2.05) is 80.4 Å². The van der Waals surface area contributed by atoms with E-state index >= 15 is 0 Å². The van der Waals surface area contributed by atoms with Crippen LogP contribution in [0.1, 0.15) is 76.0 Å². The van der Waals surface area contributed by atoms with Crippen molar-refractivity contribution in [3.8, 4) is 0 Å². The van der Waals surface area contributed by atoms with Crippen molar-refractivity contribution in [2.45, 2.75) is 65.6 Å². The van der Waals surface area contributed by atoms with E-state index in [1.54, 1.807) is 13.8 Å². The fourth-order valence-corrected chi connectivity index (χ4v) is 3.52. The predicted molar refractivity (Wildman–Crippen MR) is 123 cm³/mol. The molecule has 0 aliphatic carbocycles. The van der Waals surface area contributed by atoms with E-state index in [1.165, 1.54) is 7.11 Å². The summed E-state index contributed by atoms with van der Waals surface area (Å²) in [5.41, 5.74) is 0.776. The molecule has 2 aromatic carbocycles. The highest BCUT2D eigenvalue weighted by Crippen LogP contribution is 2.37. The van der Waals surface area contributed by atoms with Gasteiger partial charge in [0, 0.05) is 16.7 Å². The minimum absolute atomic E-state index is 0.0102. The summed E-state index contributed by atoms with van der Waals surface area (Å²) in [6.07, 6.45) is 0. The number of carbonyl (C=O) groups is 2. The molecule has 168 valence electrons. The number of nitrogens with zero attached hydrogens (tertiary/aromatic N) is 1. The van der Waals surface area contributed by atoms with Crippen LogP contribution in [0.15, 0.2) is 54.6 Å². The van der Waals surface area contributed by atoms with Crippen LogP contribution >= 0.6 is 0 Å². The average molecular weight is 426 g/mol. The van der Waals surface area contributed by atoms with E-state index in [4.69, 9.17) is 9.57 Å². The highest BCUT2D eigenvalue weighted by atomic mass is 16.7. The van der Waals surface area contributed by atoms with Gasteiger partial charge in [-0.2, -0.15) is 5.06 Å². The number of ether oxygens (including phenoxy) is 1. The Labute approximate surface area is 186 Å². The topological polar surface area (TPSA) is 55.8 Å². The van der Waals surface area contributed by atoms with Crippen LogP contribution < -0.4 is 0 Å². The van der Waals surface area contributed by atoms with Crippen molar-refractivity contribution < 1.29 is 19.2 Å². The molecule has 0 aliphatic heterocycles. The van der Waals surface area contributed by atoms with Crippen LogP contribution in [0.2, 0.25) is 0 Å². The van der Waals surface area contributed by atoms with Crippen molar-refractivity contribution in [1.82, 2.24) is 5.06 Å². The third kappa shape index (κ3) is 6.02. The van der Waals surface area contributed by atoms with E-state index in [2.05, 4.69) is 13.8 Å². The molecule has 0 aliphatic rings. The molecule has 0 saturated heterocycles. The molecular formula is C26H35NO4. The van der Waals surface area contributed by atoms with Gasteiger partial charge in [0.25, 0.3) is 0 Å². The van der Waals surface area contributed by atoms with Crippen LogP contribution in [0, 0.1) is 5.92 Å². The van der Waals surface area contributed by atoms with Gasteiger partial charge in [0.05, 0.1) is 13.2 Å². The highest BCUT2D eigenvalue weighted by Gasteiger charge is 2.41. The number of hydrogen-bond acceptors (Lipinski definition) is 5. The Morgan fingerprint density at radius 3 is 1.81 bits per heavy atom. The van der Waals surface area contributed by atoms with E-state index < -0.39 is 17.1 Å². The van der Waals surface area contributed by atoms with Gasteiger partial charge in [-0.1, -0.05) is 68.4 Å². The molecule has 1 unspecified atom stereocenters. The first kappa shape index (κ1) is 24.8. The lowest BCUT2D eigenvalue weighted by molar-refractivity contribution is -0.298. The Morgan fingerprint density at radius 2 is 1.35 bits per heavy atom. The monoisotopic (exact) mass is 425 g/mol. The van der Waals surface area contributed by atoms with Crippen molar-refractivity contribution in [3.63, 3.8) is 0 Å². The highest BCUT2D eigenvalue weighted by molar-refractivity contribution is 6.08. The Bertz CT molecular complexity index is 880. The number of ketones is 1. The summed E-state index contributed by atoms with van der Waals surface area (Å²) < 4.78 is 4.93. The maximum atomic E-state index is 12.8. The molecule has 5 nitrogen and oxygen atoms in total. The number of benzene rings is 2. The molecule has 2 rings (SSSR count). The van der Waals surface area contributed by atoms with Gasteiger partial charge in [-0.3, -0.25) is 9.63 Å². The molecule has 5 heteroatoms. The van der Waals surface area contributed by atoms with Crippen LogP contribution in [-0.4, -0.2) is 35.1 Å². The quantitative estimate of drug-likeness (QED) is 0.313. The van der Waals surface area contributed by atoms with Crippen molar-refractivity contribution in [2.24, 2.45) is 5.92 Å². The standard InChI is InChI=1S/C26H35NO4/c1-18(2)22(27(25(3,4)5)31-26(6,7)24(29)30-8)19-14-16-21(17-15-19)23(28)20-12-10-9-11-13-20/h9-18,22H,1-8H3. The molecular weight excluding hydrogens is 390 g/mol. The Morgan fingerprint density at radius 1 is 0.839 bits per heavy atom. The van der Waals surface area contributed by atoms with Crippen molar-refractivity contribution in [1.29, 1.82) is 0 Å². The summed E-state index contributed by atoms with van der Waals surface area (Å²) in [6.45, 7) is 13.8. The summed E-state index contributed by atoms with van der Waals surface area (Å²) in [4.78, 5) is 31.3. The molecule has 2 aromatic rings. The maximum absolute atomic E-state index is 12.8. The number of methoxy groups -OCH3 is 1. The average Bonchev–Trinajstić information content (AvgIpc) is 2.72. The Hall–Kier alpha value is -2.50. The Balaban J connectivity index is 2.40. The van der Waals surface area contributed by atoms with Crippen LogP contribution in [0.4, 0.5) is 0 Å². The summed E-state index contributed by atoms with van der Waals surface area (Å²) in [6, 6.07) is 16.7. The van der Waals surface area contributed by atoms with E-state index in [-0.39, 0.29) is 17.7 Å². The summed E-state index contributed by atoms with van der Waals surface area (Å²) >= 11 is 0. The smallest absolute Gasteiger partial charge is 0.339 e. The molecule has 0 bridgehead atoms. The van der Waals surface area contributed by atoms with Gasteiger partial charge in [0.2, 0.25) is 0 Å². The van der Waals surface area contributed by atoms with Gasteiger partial charge in [0.1, 0.15) is 0 Å². The lowest BCUT2D eigenvalue weighted by Crippen LogP contribution is -2.52. The van der Waals surface area contributed by atoms with Gasteiger partial charge in [-0.25, -0.2) is 4.79 Å². The maximum Gasteiger partial charge on any atom is 0.339 e. The van der Waals surface area contributed by atoms with Gasteiger partial charge < -0.3 is 4.74 Å². The fraction of sp³-hybridized carbons (Fsp3) is 0.462. The third-order valence-corrected chi connectivity index (χ3v) is 5.10. The summed E-state index contributed by atoms with van der Waals surface area (Å²) in [7, 11) is 1.36. The van der Waals surface area contributed by atoms with Crippen LogP contribution in [0.5, 0.6) is 0 Å². The van der Waals surface area contributed by atoms with Crippen molar-refractivity contribution in [2.75, 3.05) is 7.11 Å². The second kappa shape index (κ2) is 9.75. The van der Waals surface area contributed by atoms with Crippen LogP contribution in [0.25, 0.3) is 0 Å². The first-order valence-electron chi connectivity index (χ1n) is 10.6. The second-order valence-corrected chi connectivity index (χ2v) is 9.60. The minimum Gasteiger partial charge on any atom is -0.467 e. The Kier molecular flexibility index (Phi) is 7.79. The molecule has 31 heavy (non-hydrogen) atoms.